The normalized spacial score (nSPS) is 18.0. The summed E-state index contributed by atoms with van der Waals surface area (Å²) in [6.07, 6.45) is 2.36. The molecule has 0 N–H and O–H groups in total. The molecule has 3 nitrogen and oxygen atoms in total. The lowest BCUT2D eigenvalue weighted by Crippen LogP contribution is -2.62. The maximum absolute atomic E-state index is 6.88. The van der Waals surface area contributed by atoms with E-state index in [1.165, 1.54) is 130 Å². The predicted molar refractivity (Wildman–Crippen MR) is 287 cm³/mol. The first kappa shape index (κ1) is 42.4. The lowest BCUT2D eigenvalue weighted by molar-refractivity contribution is 0.332. The summed E-state index contributed by atoms with van der Waals surface area (Å²) in [5.41, 5.74) is 26.9. The van der Waals surface area contributed by atoms with Gasteiger partial charge in [0.15, 0.2) is 0 Å². The molecular weight excluding hydrogens is 812 g/mol. The molecule has 3 heterocycles. The maximum atomic E-state index is 6.88. The van der Waals surface area contributed by atoms with Gasteiger partial charge >= 0.3 is 0 Å². The summed E-state index contributed by atoms with van der Waals surface area (Å²) in [5.74, 6) is 0. The van der Waals surface area contributed by atoms with E-state index < -0.39 is 0 Å². The summed E-state index contributed by atoms with van der Waals surface area (Å²) in [5, 5.41) is 2.36. The van der Waals surface area contributed by atoms with Gasteiger partial charge in [-0.25, -0.2) is 0 Å². The molecule has 336 valence electrons. The van der Waals surface area contributed by atoms with Gasteiger partial charge in [0.25, 0.3) is 6.71 Å². The number of fused-ring (bicyclic) bond motifs is 10. The molecule has 0 unspecified atom stereocenters. The maximum Gasteiger partial charge on any atom is 0.252 e. The zero-order chi connectivity index (χ0) is 47.1. The molecule has 0 bridgehead atoms. The van der Waals surface area contributed by atoms with E-state index >= 15 is 0 Å². The second-order valence-corrected chi connectivity index (χ2v) is 24.3. The number of aryl methyl sites for hydroxylation is 3. The highest BCUT2D eigenvalue weighted by atomic mass is 16.3. The van der Waals surface area contributed by atoms with Crippen molar-refractivity contribution in [3.05, 3.63) is 171 Å². The van der Waals surface area contributed by atoms with Crippen LogP contribution in [0.25, 0.3) is 21.9 Å². The van der Waals surface area contributed by atoms with E-state index in [2.05, 4.69) is 222 Å². The number of benzene rings is 7. The lowest BCUT2D eigenvalue weighted by atomic mass is 9.33. The van der Waals surface area contributed by atoms with Crippen LogP contribution in [0.2, 0.25) is 0 Å². The fraction of sp³-hybridized carbons (Fsp3) is 0.333. The average molecular weight is 877 g/mol. The molecule has 4 heteroatoms. The molecule has 12 rings (SSSR count). The summed E-state index contributed by atoms with van der Waals surface area (Å²) in [6.45, 7) is 33.4. The van der Waals surface area contributed by atoms with Gasteiger partial charge in [-0.05, 0) is 164 Å². The number of hydrogen-bond acceptors (Lipinski definition) is 3. The number of para-hydroxylation sites is 1. The Labute approximate surface area is 399 Å². The zero-order valence-corrected chi connectivity index (χ0v) is 42.3. The minimum atomic E-state index is -0.214. The smallest absolute Gasteiger partial charge is 0.252 e. The number of rotatable bonds is 2. The molecule has 0 saturated heterocycles. The van der Waals surface area contributed by atoms with Crippen molar-refractivity contribution in [1.82, 2.24) is 0 Å². The van der Waals surface area contributed by atoms with Gasteiger partial charge < -0.3 is 14.2 Å². The van der Waals surface area contributed by atoms with Gasteiger partial charge in [0.05, 0.1) is 0 Å². The predicted octanol–water partition coefficient (Wildman–Crippen LogP) is 15.2. The van der Waals surface area contributed by atoms with Crippen LogP contribution in [0.5, 0.6) is 0 Å². The molecule has 2 aliphatic heterocycles. The van der Waals surface area contributed by atoms with Crippen LogP contribution < -0.4 is 26.2 Å². The Balaban J connectivity index is 1.24. The van der Waals surface area contributed by atoms with Gasteiger partial charge in [0.2, 0.25) is 0 Å². The van der Waals surface area contributed by atoms with Crippen molar-refractivity contribution in [1.29, 1.82) is 0 Å². The van der Waals surface area contributed by atoms with Crippen LogP contribution in [0, 0.1) is 20.8 Å². The molecule has 0 spiro atoms. The van der Waals surface area contributed by atoms with E-state index in [9.17, 15) is 0 Å². The summed E-state index contributed by atoms with van der Waals surface area (Å²) < 4.78 is 6.88. The minimum absolute atomic E-state index is 0.00314. The van der Waals surface area contributed by atoms with E-state index in [0.717, 1.165) is 11.2 Å². The monoisotopic (exact) mass is 877 g/mol. The standard InChI is InChI=1S/C63H65BN2O/c1-36-27-54-58-55(28-36)66(51-33-45-44(29-38(51)3)60(7,8)25-26-61(45,9)10)52-34-47-46(62(11,12)42-20-16-17-21-43(42)63(47,13)14)32-49(52)64(58)48-31-41-40-30-39(59(4,5)6)23-24-56(40)67-57(41)35-53(48)65(54)50-22-18-15-19-37(50)2/h15-24,27-35H,25-26H2,1-14H3. The molecule has 2 aliphatic carbocycles. The van der Waals surface area contributed by atoms with E-state index in [4.69, 9.17) is 4.42 Å². The molecule has 0 fully saturated rings. The fourth-order valence-electron chi connectivity index (χ4n) is 13.1. The fourth-order valence-corrected chi connectivity index (χ4v) is 13.1. The minimum Gasteiger partial charge on any atom is -0.456 e. The molecule has 0 saturated carbocycles. The molecule has 0 atom stereocenters. The molecule has 7 aromatic carbocycles. The Morgan fingerprint density at radius 1 is 0.463 bits per heavy atom. The van der Waals surface area contributed by atoms with Crippen molar-refractivity contribution in [2.24, 2.45) is 0 Å². The van der Waals surface area contributed by atoms with Gasteiger partial charge in [0, 0.05) is 61.8 Å². The third-order valence-corrected chi connectivity index (χ3v) is 17.2. The average Bonchev–Trinajstić information content (AvgIpc) is 3.63. The third-order valence-electron chi connectivity index (χ3n) is 17.2. The van der Waals surface area contributed by atoms with Crippen LogP contribution >= 0.6 is 0 Å². The molecule has 8 aromatic rings. The van der Waals surface area contributed by atoms with Gasteiger partial charge in [0.1, 0.15) is 11.2 Å². The Hall–Kier alpha value is -6.00. The van der Waals surface area contributed by atoms with Crippen molar-refractivity contribution in [2.45, 2.75) is 137 Å². The topological polar surface area (TPSA) is 19.6 Å². The van der Waals surface area contributed by atoms with Crippen molar-refractivity contribution < 1.29 is 4.42 Å². The first-order valence-corrected chi connectivity index (χ1v) is 24.8. The second-order valence-electron chi connectivity index (χ2n) is 24.3. The molecule has 0 amide bonds. The van der Waals surface area contributed by atoms with Crippen molar-refractivity contribution >= 4 is 79.2 Å². The highest BCUT2D eigenvalue weighted by Gasteiger charge is 2.49. The summed E-state index contributed by atoms with van der Waals surface area (Å²) in [6, 6.07) is 45.3. The lowest BCUT2D eigenvalue weighted by Gasteiger charge is -2.49. The van der Waals surface area contributed by atoms with Crippen LogP contribution in [-0.4, -0.2) is 6.71 Å². The molecule has 67 heavy (non-hydrogen) atoms. The van der Waals surface area contributed by atoms with Crippen LogP contribution in [0.3, 0.4) is 0 Å². The largest absolute Gasteiger partial charge is 0.456 e. The van der Waals surface area contributed by atoms with Crippen molar-refractivity contribution in [3.63, 3.8) is 0 Å². The number of hydrogen-bond donors (Lipinski definition) is 0. The van der Waals surface area contributed by atoms with Crippen molar-refractivity contribution in [2.75, 3.05) is 9.80 Å². The quantitative estimate of drug-likeness (QED) is 0.161. The Morgan fingerprint density at radius 2 is 1.00 bits per heavy atom. The van der Waals surface area contributed by atoms with Crippen LogP contribution in [-0.2, 0) is 27.1 Å². The van der Waals surface area contributed by atoms with E-state index in [0.29, 0.717) is 0 Å². The third kappa shape index (κ3) is 5.84. The first-order chi connectivity index (χ1) is 31.6. The summed E-state index contributed by atoms with van der Waals surface area (Å²) in [7, 11) is 0. The number of anilines is 6. The first-order valence-electron chi connectivity index (χ1n) is 24.8. The highest BCUT2D eigenvalue weighted by molar-refractivity contribution is 7.00. The van der Waals surface area contributed by atoms with Crippen LogP contribution in [0.4, 0.5) is 34.1 Å². The molecular formula is C63H65BN2O. The van der Waals surface area contributed by atoms with Crippen LogP contribution in [0.15, 0.2) is 120 Å². The summed E-state index contributed by atoms with van der Waals surface area (Å²) in [4.78, 5) is 5.27. The Morgan fingerprint density at radius 3 is 1.64 bits per heavy atom. The van der Waals surface area contributed by atoms with E-state index in [1.807, 2.05) is 0 Å². The van der Waals surface area contributed by atoms with Gasteiger partial charge in [-0.15, -0.1) is 0 Å². The number of nitrogens with zero attached hydrogens (tertiary/aromatic N) is 2. The Kier molecular flexibility index (Phi) is 8.59. The second kappa shape index (κ2) is 13.6. The van der Waals surface area contributed by atoms with E-state index in [1.54, 1.807) is 0 Å². The molecule has 4 aliphatic rings. The van der Waals surface area contributed by atoms with Gasteiger partial charge in [-0.1, -0.05) is 143 Å². The highest BCUT2D eigenvalue weighted by Crippen LogP contribution is 2.55. The van der Waals surface area contributed by atoms with Crippen LogP contribution in [0.1, 0.15) is 145 Å². The summed E-state index contributed by atoms with van der Waals surface area (Å²) >= 11 is 0. The van der Waals surface area contributed by atoms with E-state index in [-0.39, 0.29) is 33.8 Å². The van der Waals surface area contributed by atoms with Gasteiger partial charge in [-0.3, -0.25) is 0 Å². The van der Waals surface area contributed by atoms with Gasteiger partial charge in [-0.2, -0.15) is 0 Å². The Bertz CT molecular complexity index is 3460. The molecule has 1 aromatic heterocycles. The zero-order valence-electron chi connectivity index (χ0n) is 42.3. The SMILES string of the molecule is Cc1cc2c3c(c1)N(c1ccccc1C)c1cc4oc5ccc(C(C)(C)C)cc5c4cc1B3c1cc3c(cc1N2c1cc2c(cc1C)C(C)(C)CCC2(C)C)C(C)(C)c1ccccc1C3(C)C. The number of furan rings is 1. The molecule has 0 radical (unpaired) electrons. The van der Waals surface area contributed by atoms with Crippen molar-refractivity contribution in [3.8, 4) is 0 Å².